The van der Waals surface area contributed by atoms with Gasteiger partial charge in [-0.1, -0.05) is 71.9 Å². The molecule has 2 aromatic carbocycles. The molecule has 0 aliphatic carbocycles. The summed E-state index contributed by atoms with van der Waals surface area (Å²) in [4.78, 5) is 24.8. The largest absolute Gasteiger partial charge is 0.426 e. The molecule has 0 heterocycles. The lowest BCUT2D eigenvalue weighted by Gasteiger charge is -2.18. The van der Waals surface area contributed by atoms with E-state index in [2.05, 4.69) is 19.9 Å². The summed E-state index contributed by atoms with van der Waals surface area (Å²) in [5.74, 6) is 1.45. The summed E-state index contributed by atoms with van der Waals surface area (Å²) in [6, 6.07) is 13.3. The number of carbonyl (C=O) groups excluding carboxylic acids is 2. The van der Waals surface area contributed by atoms with Crippen molar-refractivity contribution in [2.24, 2.45) is 17.8 Å². The Labute approximate surface area is 187 Å². The lowest BCUT2D eigenvalue weighted by Crippen LogP contribution is -2.13. The monoisotopic (exact) mass is 424 g/mol. The van der Waals surface area contributed by atoms with Gasteiger partial charge in [0.25, 0.3) is 0 Å². The second-order valence-corrected chi connectivity index (χ2v) is 9.36. The van der Waals surface area contributed by atoms with Gasteiger partial charge in [0.05, 0.1) is 0 Å². The van der Waals surface area contributed by atoms with Gasteiger partial charge in [0.2, 0.25) is 0 Å². The zero-order valence-corrected chi connectivity index (χ0v) is 19.7. The van der Waals surface area contributed by atoms with E-state index >= 15 is 0 Å². The molecule has 0 atom stereocenters. The van der Waals surface area contributed by atoms with E-state index in [1.807, 2.05) is 58.0 Å². The second-order valence-electron chi connectivity index (χ2n) is 9.36. The molecule has 2 aromatic rings. The van der Waals surface area contributed by atoms with Crippen LogP contribution in [0.15, 0.2) is 42.5 Å². The number of hydrogen-bond acceptors (Lipinski definition) is 4. The molecule has 0 N–H and O–H groups in total. The van der Waals surface area contributed by atoms with Crippen LogP contribution in [0.2, 0.25) is 0 Å². The van der Waals surface area contributed by atoms with Gasteiger partial charge in [-0.15, -0.1) is 0 Å². The number of esters is 2. The van der Waals surface area contributed by atoms with Gasteiger partial charge in [0.15, 0.2) is 0 Å². The van der Waals surface area contributed by atoms with Crippen LogP contribution in [-0.2, 0) is 16.0 Å². The van der Waals surface area contributed by atoms with Crippen molar-refractivity contribution in [3.63, 3.8) is 0 Å². The van der Waals surface area contributed by atoms with Crippen molar-refractivity contribution in [2.75, 3.05) is 0 Å². The third-order valence-corrected chi connectivity index (χ3v) is 4.86. The standard InChI is InChI=1S/C27H36O4/c1-18(2)14-15-21-10-9-13-24(31-26(29)17-20(5)6)27(21)22-11-7-8-12-23(22)30-25(28)16-19(3)4/h7-13,18-20H,14-17H2,1-6H3. The predicted octanol–water partition coefficient (Wildman–Crippen LogP) is 6.85. The molecule has 0 amide bonds. The van der Waals surface area contributed by atoms with Gasteiger partial charge in [0, 0.05) is 24.0 Å². The lowest BCUT2D eigenvalue weighted by molar-refractivity contribution is -0.136. The molecule has 4 heteroatoms. The Morgan fingerprint density at radius 3 is 1.84 bits per heavy atom. The Bertz CT molecular complexity index is 881. The van der Waals surface area contributed by atoms with E-state index in [0.29, 0.717) is 30.3 Å². The van der Waals surface area contributed by atoms with Crippen LogP contribution >= 0.6 is 0 Å². The summed E-state index contributed by atoms with van der Waals surface area (Å²) in [6.45, 7) is 12.3. The third kappa shape index (κ3) is 7.86. The molecule has 4 nitrogen and oxygen atoms in total. The maximum atomic E-state index is 12.5. The maximum absolute atomic E-state index is 12.5. The quantitative estimate of drug-likeness (QED) is 0.309. The molecule has 0 aliphatic heterocycles. The molecule has 168 valence electrons. The molecule has 31 heavy (non-hydrogen) atoms. The SMILES string of the molecule is CC(C)CCc1cccc(OC(=O)CC(C)C)c1-c1ccccc1OC(=O)CC(C)C. The first-order chi connectivity index (χ1) is 14.7. The Kier molecular flexibility index (Phi) is 9.29. The van der Waals surface area contributed by atoms with Gasteiger partial charge in [-0.3, -0.25) is 9.59 Å². The van der Waals surface area contributed by atoms with Crippen molar-refractivity contribution in [1.29, 1.82) is 0 Å². The molecular formula is C27H36O4. The minimum Gasteiger partial charge on any atom is -0.426 e. The number of carbonyl (C=O) groups is 2. The first-order valence-electron chi connectivity index (χ1n) is 11.3. The van der Waals surface area contributed by atoms with Crippen LogP contribution in [0.3, 0.4) is 0 Å². The average Bonchev–Trinajstić information content (AvgIpc) is 2.65. The van der Waals surface area contributed by atoms with Crippen LogP contribution in [0.4, 0.5) is 0 Å². The zero-order valence-electron chi connectivity index (χ0n) is 19.7. The fourth-order valence-corrected chi connectivity index (χ4v) is 3.38. The van der Waals surface area contributed by atoms with Gasteiger partial charge in [-0.25, -0.2) is 0 Å². The first kappa shape index (κ1) is 24.6. The van der Waals surface area contributed by atoms with E-state index in [4.69, 9.17) is 9.47 Å². The highest BCUT2D eigenvalue weighted by Gasteiger charge is 2.20. The summed E-state index contributed by atoms with van der Waals surface area (Å²) >= 11 is 0. The van der Waals surface area contributed by atoms with Crippen molar-refractivity contribution < 1.29 is 19.1 Å². The summed E-state index contributed by atoms with van der Waals surface area (Å²) in [5, 5.41) is 0. The highest BCUT2D eigenvalue weighted by Crippen LogP contribution is 2.40. The summed E-state index contributed by atoms with van der Waals surface area (Å²) in [5.41, 5.74) is 2.68. The van der Waals surface area contributed by atoms with Crippen molar-refractivity contribution in [3.8, 4) is 22.6 Å². The zero-order chi connectivity index (χ0) is 23.0. The van der Waals surface area contributed by atoms with Crippen LogP contribution in [0.25, 0.3) is 11.1 Å². The molecule has 0 saturated heterocycles. The van der Waals surface area contributed by atoms with E-state index < -0.39 is 0 Å². The van der Waals surface area contributed by atoms with Crippen molar-refractivity contribution >= 4 is 11.9 Å². The van der Waals surface area contributed by atoms with Crippen LogP contribution in [0.5, 0.6) is 11.5 Å². The normalized spacial score (nSPS) is 11.3. The number of para-hydroxylation sites is 1. The number of ether oxygens (including phenoxy) is 2. The Balaban J connectivity index is 2.51. The molecule has 0 fully saturated rings. The molecule has 2 rings (SSSR count). The van der Waals surface area contributed by atoms with Crippen LogP contribution in [0.1, 0.15) is 66.4 Å². The van der Waals surface area contributed by atoms with E-state index in [1.165, 1.54) is 0 Å². The molecule has 0 radical (unpaired) electrons. The predicted molar refractivity (Wildman–Crippen MR) is 125 cm³/mol. The summed E-state index contributed by atoms with van der Waals surface area (Å²) in [6.07, 6.45) is 2.54. The van der Waals surface area contributed by atoms with Crippen molar-refractivity contribution in [3.05, 3.63) is 48.0 Å². The van der Waals surface area contributed by atoms with E-state index in [9.17, 15) is 9.59 Å². The fraction of sp³-hybridized carbons (Fsp3) is 0.481. The van der Waals surface area contributed by atoms with Crippen molar-refractivity contribution in [1.82, 2.24) is 0 Å². The van der Waals surface area contributed by atoms with Gasteiger partial charge < -0.3 is 9.47 Å². The summed E-state index contributed by atoms with van der Waals surface area (Å²) < 4.78 is 11.5. The third-order valence-electron chi connectivity index (χ3n) is 4.86. The minimum atomic E-state index is -0.263. The molecule has 0 aliphatic rings. The first-order valence-corrected chi connectivity index (χ1v) is 11.3. The van der Waals surface area contributed by atoms with E-state index in [1.54, 1.807) is 6.07 Å². The molecule has 0 aromatic heterocycles. The smallest absolute Gasteiger partial charge is 0.311 e. The topological polar surface area (TPSA) is 52.6 Å². The van der Waals surface area contributed by atoms with Crippen LogP contribution in [-0.4, -0.2) is 11.9 Å². The Morgan fingerprint density at radius 1 is 0.710 bits per heavy atom. The van der Waals surface area contributed by atoms with E-state index in [0.717, 1.165) is 29.5 Å². The van der Waals surface area contributed by atoms with E-state index in [-0.39, 0.29) is 23.8 Å². The highest BCUT2D eigenvalue weighted by molar-refractivity contribution is 5.84. The maximum Gasteiger partial charge on any atom is 0.311 e. The van der Waals surface area contributed by atoms with Gasteiger partial charge >= 0.3 is 11.9 Å². The van der Waals surface area contributed by atoms with Gasteiger partial charge in [-0.05, 0) is 48.3 Å². The molecule has 0 bridgehead atoms. The average molecular weight is 425 g/mol. The number of hydrogen-bond donors (Lipinski definition) is 0. The number of benzene rings is 2. The highest BCUT2D eigenvalue weighted by atomic mass is 16.5. The minimum absolute atomic E-state index is 0.212. The number of rotatable bonds is 10. The Hall–Kier alpha value is -2.62. The fourth-order valence-electron chi connectivity index (χ4n) is 3.38. The second kappa shape index (κ2) is 11.7. The van der Waals surface area contributed by atoms with Crippen LogP contribution < -0.4 is 9.47 Å². The lowest BCUT2D eigenvalue weighted by atomic mass is 9.93. The molecule has 0 spiro atoms. The number of aryl methyl sites for hydroxylation is 1. The molecular weight excluding hydrogens is 388 g/mol. The van der Waals surface area contributed by atoms with Gasteiger partial charge in [-0.2, -0.15) is 0 Å². The molecule has 0 unspecified atom stereocenters. The molecule has 0 saturated carbocycles. The van der Waals surface area contributed by atoms with Crippen molar-refractivity contribution in [2.45, 2.75) is 67.2 Å². The summed E-state index contributed by atoms with van der Waals surface area (Å²) in [7, 11) is 0. The van der Waals surface area contributed by atoms with Gasteiger partial charge in [0.1, 0.15) is 11.5 Å². The Morgan fingerprint density at radius 2 is 1.26 bits per heavy atom. The van der Waals surface area contributed by atoms with Crippen LogP contribution in [0, 0.1) is 17.8 Å².